The molecular formula is C14H16N2O2. The second-order valence-electron chi connectivity index (χ2n) is 4.50. The minimum atomic E-state index is -0.130. The summed E-state index contributed by atoms with van der Waals surface area (Å²) < 4.78 is 5.87. The maximum Gasteiger partial charge on any atom is 0.221 e. The van der Waals surface area contributed by atoms with Gasteiger partial charge in [0.15, 0.2) is 0 Å². The first-order chi connectivity index (χ1) is 8.70. The van der Waals surface area contributed by atoms with E-state index in [0.717, 1.165) is 19.3 Å². The van der Waals surface area contributed by atoms with E-state index in [1.165, 1.54) is 6.92 Å². The molecule has 18 heavy (non-hydrogen) atoms. The Balaban J connectivity index is 2.13. The van der Waals surface area contributed by atoms with Gasteiger partial charge >= 0.3 is 0 Å². The van der Waals surface area contributed by atoms with Gasteiger partial charge in [-0.25, -0.2) is 0 Å². The Morgan fingerprint density at radius 1 is 1.44 bits per heavy atom. The van der Waals surface area contributed by atoms with Gasteiger partial charge in [-0.05, 0) is 31.4 Å². The minimum Gasteiger partial charge on any atom is -0.487 e. The molecule has 2 rings (SSSR count). The summed E-state index contributed by atoms with van der Waals surface area (Å²) in [6.45, 7) is 1.46. The molecule has 1 N–H and O–H groups in total. The Morgan fingerprint density at radius 3 is 2.94 bits per heavy atom. The van der Waals surface area contributed by atoms with E-state index in [1.54, 1.807) is 6.07 Å². The Labute approximate surface area is 107 Å². The van der Waals surface area contributed by atoms with Gasteiger partial charge in [-0.2, -0.15) is 5.26 Å². The van der Waals surface area contributed by atoms with Gasteiger partial charge in [-0.1, -0.05) is 12.1 Å². The molecule has 0 spiro atoms. The molecule has 4 nitrogen and oxygen atoms in total. The van der Waals surface area contributed by atoms with Crippen molar-refractivity contribution in [2.45, 2.75) is 32.3 Å². The van der Waals surface area contributed by atoms with Crippen molar-refractivity contribution < 1.29 is 9.53 Å². The number of benzene rings is 1. The molecule has 1 aromatic carbocycles. The van der Waals surface area contributed by atoms with Crippen LogP contribution in [-0.4, -0.2) is 12.0 Å². The number of ether oxygens (including phenoxy) is 1. The van der Waals surface area contributed by atoms with Gasteiger partial charge < -0.3 is 10.1 Å². The molecular weight excluding hydrogens is 228 g/mol. The number of para-hydroxylation sites is 2. The maximum atomic E-state index is 11.1. The molecule has 94 valence electrons. The molecule has 0 aliphatic heterocycles. The lowest BCUT2D eigenvalue weighted by Crippen LogP contribution is -2.21. The second kappa shape index (κ2) is 5.54. The SMILES string of the molecule is CC(=O)Nc1ccccc1OC1CCCC1C#N. The van der Waals surface area contributed by atoms with E-state index in [0.29, 0.717) is 11.4 Å². The summed E-state index contributed by atoms with van der Waals surface area (Å²) in [4.78, 5) is 11.1. The van der Waals surface area contributed by atoms with Crippen LogP contribution >= 0.6 is 0 Å². The highest BCUT2D eigenvalue weighted by Gasteiger charge is 2.29. The monoisotopic (exact) mass is 244 g/mol. The summed E-state index contributed by atoms with van der Waals surface area (Å²) in [6, 6.07) is 9.60. The quantitative estimate of drug-likeness (QED) is 0.889. The van der Waals surface area contributed by atoms with Crippen LogP contribution in [0.4, 0.5) is 5.69 Å². The van der Waals surface area contributed by atoms with Crippen molar-refractivity contribution in [3.8, 4) is 11.8 Å². The largest absolute Gasteiger partial charge is 0.487 e. The number of nitrogens with zero attached hydrogens (tertiary/aromatic N) is 1. The minimum absolute atomic E-state index is 0.0459. The number of hydrogen-bond donors (Lipinski definition) is 1. The highest BCUT2D eigenvalue weighted by molar-refractivity contribution is 5.90. The van der Waals surface area contributed by atoms with Crippen molar-refractivity contribution in [1.82, 2.24) is 0 Å². The third kappa shape index (κ3) is 2.80. The summed E-state index contributed by atoms with van der Waals surface area (Å²) in [6.07, 6.45) is 2.74. The molecule has 2 unspecified atom stereocenters. The number of rotatable bonds is 3. The van der Waals surface area contributed by atoms with E-state index in [-0.39, 0.29) is 17.9 Å². The lowest BCUT2D eigenvalue weighted by atomic mass is 10.1. The molecule has 1 fully saturated rings. The fraction of sp³-hybridized carbons (Fsp3) is 0.429. The molecule has 0 aromatic heterocycles. The van der Waals surface area contributed by atoms with E-state index >= 15 is 0 Å². The number of hydrogen-bond acceptors (Lipinski definition) is 3. The van der Waals surface area contributed by atoms with Crippen molar-refractivity contribution in [2.24, 2.45) is 5.92 Å². The first-order valence-electron chi connectivity index (χ1n) is 6.13. The number of carbonyl (C=O) groups is 1. The van der Waals surface area contributed by atoms with Gasteiger partial charge in [0.05, 0.1) is 17.7 Å². The molecule has 2 atom stereocenters. The number of amides is 1. The molecule has 1 aliphatic carbocycles. The number of nitrogens with one attached hydrogen (secondary N) is 1. The summed E-state index contributed by atoms with van der Waals surface area (Å²) in [5, 5.41) is 11.8. The van der Waals surface area contributed by atoms with E-state index in [1.807, 2.05) is 18.2 Å². The van der Waals surface area contributed by atoms with Gasteiger partial charge in [0.1, 0.15) is 11.9 Å². The Kier molecular flexibility index (Phi) is 3.83. The lowest BCUT2D eigenvalue weighted by molar-refractivity contribution is -0.114. The first kappa shape index (κ1) is 12.4. The predicted molar refractivity (Wildman–Crippen MR) is 68.1 cm³/mol. The summed E-state index contributed by atoms with van der Waals surface area (Å²) in [5.74, 6) is 0.463. The van der Waals surface area contributed by atoms with Crippen LogP contribution in [0, 0.1) is 17.2 Å². The van der Waals surface area contributed by atoms with Crippen LogP contribution in [0.15, 0.2) is 24.3 Å². The highest BCUT2D eigenvalue weighted by atomic mass is 16.5. The normalized spacial score (nSPS) is 22.2. The van der Waals surface area contributed by atoms with Gasteiger partial charge in [-0.3, -0.25) is 4.79 Å². The van der Waals surface area contributed by atoms with Gasteiger partial charge in [-0.15, -0.1) is 0 Å². The van der Waals surface area contributed by atoms with Crippen LogP contribution in [0.1, 0.15) is 26.2 Å². The lowest BCUT2D eigenvalue weighted by Gasteiger charge is -2.18. The topological polar surface area (TPSA) is 62.1 Å². The molecule has 4 heteroatoms. The Bertz CT molecular complexity index is 479. The van der Waals surface area contributed by atoms with Crippen molar-refractivity contribution in [3.05, 3.63) is 24.3 Å². The van der Waals surface area contributed by atoms with E-state index < -0.39 is 0 Å². The molecule has 1 saturated carbocycles. The fourth-order valence-electron chi connectivity index (χ4n) is 2.24. The fourth-order valence-corrected chi connectivity index (χ4v) is 2.24. The van der Waals surface area contributed by atoms with Crippen molar-refractivity contribution in [2.75, 3.05) is 5.32 Å². The highest BCUT2D eigenvalue weighted by Crippen LogP contribution is 2.32. The summed E-state index contributed by atoms with van der Waals surface area (Å²) in [5.41, 5.74) is 0.661. The van der Waals surface area contributed by atoms with Crippen LogP contribution in [-0.2, 0) is 4.79 Å². The molecule has 0 radical (unpaired) electrons. The molecule has 0 saturated heterocycles. The Hall–Kier alpha value is -2.02. The van der Waals surface area contributed by atoms with E-state index in [9.17, 15) is 4.79 Å². The van der Waals surface area contributed by atoms with Gasteiger partial charge in [0.2, 0.25) is 5.91 Å². The molecule has 1 aliphatic rings. The van der Waals surface area contributed by atoms with Crippen molar-refractivity contribution >= 4 is 11.6 Å². The third-order valence-electron chi connectivity index (χ3n) is 3.09. The van der Waals surface area contributed by atoms with E-state index in [4.69, 9.17) is 10.00 Å². The van der Waals surface area contributed by atoms with Crippen molar-refractivity contribution in [3.63, 3.8) is 0 Å². The van der Waals surface area contributed by atoms with Crippen molar-refractivity contribution in [1.29, 1.82) is 5.26 Å². The van der Waals surface area contributed by atoms with Crippen LogP contribution in [0.5, 0.6) is 5.75 Å². The van der Waals surface area contributed by atoms with E-state index in [2.05, 4.69) is 11.4 Å². The van der Waals surface area contributed by atoms with Crippen LogP contribution in [0.3, 0.4) is 0 Å². The van der Waals surface area contributed by atoms with Gasteiger partial charge in [0.25, 0.3) is 0 Å². The van der Waals surface area contributed by atoms with Crippen LogP contribution in [0.25, 0.3) is 0 Å². The Morgan fingerprint density at radius 2 is 2.22 bits per heavy atom. The van der Waals surface area contributed by atoms with Crippen LogP contribution in [0.2, 0.25) is 0 Å². The standard InChI is InChI=1S/C14H16N2O2/c1-10(17)16-12-6-2-3-7-14(12)18-13-8-4-5-11(13)9-15/h2-3,6-7,11,13H,4-5,8H2,1H3,(H,16,17). The second-order valence-corrected chi connectivity index (χ2v) is 4.50. The maximum absolute atomic E-state index is 11.1. The molecule has 1 amide bonds. The number of carbonyl (C=O) groups excluding carboxylic acids is 1. The zero-order chi connectivity index (χ0) is 13.0. The average Bonchev–Trinajstić information content (AvgIpc) is 2.78. The zero-order valence-electron chi connectivity index (χ0n) is 10.3. The predicted octanol–water partition coefficient (Wildman–Crippen LogP) is 2.72. The third-order valence-corrected chi connectivity index (χ3v) is 3.09. The van der Waals surface area contributed by atoms with Gasteiger partial charge in [0, 0.05) is 6.92 Å². The average molecular weight is 244 g/mol. The number of nitriles is 1. The molecule has 0 bridgehead atoms. The first-order valence-corrected chi connectivity index (χ1v) is 6.13. The summed E-state index contributed by atoms with van der Waals surface area (Å²) >= 11 is 0. The smallest absolute Gasteiger partial charge is 0.221 e. The summed E-state index contributed by atoms with van der Waals surface area (Å²) in [7, 11) is 0. The number of anilines is 1. The molecule has 0 heterocycles. The van der Waals surface area contributed by atoms with Crippen LogP contribution < -0.4 is 10.1 Å². The zero-order valence-corrected chi connectivity index (χ0v) is 10.3. The molecule has 1 aromatic rings.